The van der Waals surface area contributed by atoms with Crippen molar-refractivity contribution in [1.29, 1.82) is 0 Å². The Labute approximate surface area is 158 Å². The van der Waals surface area contributed by atoms with E-state index < -0.39 is 0 Å². The predicted octanol–water partition coefficient (Wildman–Crippen LogP) is 6.39. The fourth-order valence-corrected chi connectivity index (χ4v) is 4.14. The minimum atomic E-state index is 0.184. The third kappa shape index (κ3) is 2.65. The molecule has 27 heavy (non-hydrogen) atoms. The Balaban J connectivity index is 1.76. The summed E-state index contributed by atoms with van der Waals surface area (Å²) in [6.07, 6.45) is 5.40. The molecule has 0 saturated heterocycles. The molecule has 0 spiro atoms. The van der Waals surface area contributed by atoms with Crippen LogP contribution in [0.4, 0.5) is 0 Å². The lowest BCUT2D eigenvalue weighted by Crippen LogP contribution is -2.02. The molecule has 2 heteroatoms. The van der Waals surface area contributed by atoms with Crippen LogP contribution in [0.1, 0.15) is 35.1 Å². The summed E-state index contributed by atoms with van der Waals surface area (Å²) < 4.78 is 0. The predicted molar refractivity (Wildman–Crippen MR) is 113 cm³/mol. The lowest BCUT2D eigenvalue weighted by molar-refractivity contribution is 0.992. The van der Waals surface area contributed by atoms with E-state index >= 15 is 0 Å². The Bertz CT molecular complexity index is 1130. The molecule has 0 saturated carbocycles. The van der Waals surface area contributed by atoms with Gasteiger partial charge in [-0.15, -0.1) is 0 Å². The molecule has 0 aliphatic heterocycles. The number of nitrogens with one attached hydrogen (secondary N) is 2. The van der Waals surface area contributed by atoms with Gasteiger partial charge in [0.25, 0.3) is 0 Å². The summed E-state index contributed by atoms with van der Waals surface area (Å²) in [6.45, 7) is 2.20. The van der Waals surface area contributed by atoms with E-state index in [2.05, 4.69) is 102 Å². The molecule has 0 atom stereocenters. The highest BCUT2D eigenvalue weighted by Crippen LogP contribution is 2.39. The third-order valence-corrected chi connectivity index (χ3v) is 5.59. The third-order valence-electron chi connectivity index (χ3n) is 5.59. The summed E-state index contributed by atoms with van der Waals surface area (Å²) >= 11 is 0. The SMILES string of the molecule is CCc1ccc(C(c2c[nH]c3ccccc23)c2c[nH]c3ccccc23)cc1. The van der Waals surface area contributed by atoms with Crippen molar-refractivity contribution in [2.24, 2.45) is 0 Å². The molecule has 2 N–H and O–H groups in total. The lowest BCUT2D eigenvalue weighted by Gasteiger charge is -2.18. The number of H-pyrrole nitrogens is 2. The van der Waals surface area contributed by atoms with Crippen LogP contribution >= 0.6 is 0 Å². The van der Waals surface area contributed by atoms with Gasteiger partial charge in [0.2, 0.25) is 0 Å². The number of fused-ring (bicyclic) bond motifs is 2. The van der Waals surface area contributed by atoms with Gasteiger partial charge in [-0.2, -0.15) is 0 Å². The highest BCUT2D eigenvalue weighted by atomic mass is 14.7. The van der Waals surface area contributed by atoms with E-state index in [0.717, 1.165) is 6.42 Å². The molecule has 5 aromatic rings. The van der Waals surface area contributed by atoms with Gasteiger partial charge >= 0.3 is 0 Å². The molecule has 0 fully saturated rings. The van der Waals surface area contributed by atoms with E-state index in [-0.39, 0.29) is 5.92 Å². The monoisotopic (exact) mass is 350 g/mol. The van der Waals surface area contributed by atoms with E-state index in [1.54, 1.807) is 0 Å². The van der Waals surface area contributed by atoms with Crippen molar-refractivity contribution in [1.82, 2.24) is 9.97 Å². The first-order valence-electron chi connectivity index (χ1n) is 9.56. The van der Waals surface area contributed by atoms with Gasteiger partial charge in [0, 0.05) is 40.1 Å². The number of para-hydroxylation sites is 2. The standard InChI is InChI=1S/C25H22N2/c1-2-17-11-13-18(14-12-17)25(21-15-26-23-9-5-3-7-19(21)23)22-16-27-24-10-6-4-8-20(22)24/h3-16,25-27H,2H2,1H3. The Morgan fingerprint density at radius 2 is 1.19 bits per heavy atom. The van der Waals surface area contributed by atoms with Crippen molar-refractivity contribution in [3.05, 3.63) is 107 Å². The van der Waals surface area contributed by atoms with Crippen LogP contribution in [0.25, 0.3) is 21.8 Å². The number of hydrogen-bond donors (Lipinski definition) is 2. The fraction of sp³-hybridized carbons (Fsp3) is 0.120. The number of hydrogen-bond acceptors (Lipinski definition) is 0. The molecule has 5 rings (SSSR count). The lowest BCUT2D eigenvalue weighted by atomic mass is 9.84. The van der Waals surface area contributed by atoms with Gasteiger partial charge in [0.05, 0.1) is 0 Å². The van der Waals surface area contributed by atoms with Gasteiger partial charge in [-0.1, -0.05) is 67.6 Å². The van der Waals surface area contributed by atoms with Gasteiger partial charge in [0.1, 0.15) is 0 Å². The summed E-state index contributed by atoms with van der Waals surface area (Å²) in [7, 11) is 0. The average molecular weight is 350 g/mol. The second-order valence-corrected chi connectivity index (χ2v) is 7.11. The maximum Gasteiger partial charge on any atom is 0.0457 e. The Morgan fingerprint density at radius 1 is 0.667 bits per heavy atom. The maximum absolute atomic E-state index is 3.46. The van der Waals surface area contributed by atoms with Crippen LogP contribution in [0.3, 0.4) is 0 Å². The molecule has 0 bridgehead atoms. The van der Waals surface area contributed by atoms with E-state index in [1.807, 2.05) is 0 Å². The molecule has 0 aliphatic rings. The average Bonchev–Trinajstić information content (AvgIpc) is 3.34. The van der Waals surface area contributed by atoms with E-state index in [0.29, 0.717) is 0 Å². The zero-order valence-corrected chi connectivity index (χ0v) is 15.4. The van der Waals surface area contributed by atoms with Crippen molar-refractivity contribution < 1.29 is 0 Å². The largest absolute Gasteiger partial charge is 0.361 e. The molecule has 0 amide bonds. The molecular weight excluding hydrogens is 328 g/mol. The molecule has 2 nitrogen and oxygen atoms in total. The summed E-state index contributed by atoms with van der Waals surface area (Å²) in [5.74, 6) is 0.184. The normalized spacial score (nSPS) is 11.6. The van der Waals surface area contributed by atoms with Gasteiger partial charge < -0.3 is 9.97 Å². The number of aromatic nitrogens is 2. The molecular formula is C25H22N2. The summed E-state index contributed by atoms with van der Waals surface area (Å²) in [5.41, 5.74) is 7.70. The minimum absolute atomic E-state index is 0.184. The van der Waals surface area contributed by atoms with Gasteiger partial charge in [-0.3, -0.25) is 0 Å². The Kier molecular flexibility index (Phi) is 3.83. The van der Waals surface area contributed by atoms with Crippen LogP contribution in [0.15, 0.2) is 85.2 Å². The first-order chi connectivity index (χ1) is 13.3. The molecule has 0 aliphatic carbocycles. The van der Waals surface area contributed by atoms with Crippen LogP contribution in [0.2, 0.25) is 0 Å². The van der Waals surface area contributed by atoms with Gasteiger partial charge in [-0.05, 0) is 40.8 Å². The molecule has 132 valence electrons. The topological polar surface area (TPSA) is 31.6 Å². The zero-order chi connectivity index (χ0) is 18.2. The summed E-state index contributed by atoms with van der Waals surface area (Å²) in [4.78, 5) is 6.92. The maximum atomic E-state index is 3.46. The molecule has 0 unspecified atom stereocenters. The zero-order valence-electron chi connectivity index (χ0n) is 15.4. The van der Waals surface area contributed by atoms with Crippen molar-refractivity contribution >= 4 is 21.8 Å². The van der Waals surface area contributed by atoms with Crippen LogP contribution in [-0.4, -0.2) is 9.97 Å². The van der Waals surface area contributed by atoms with Gasteiger partial charge in [-0.25, -0.2) is 0 Å². The van der Waals surface area contributed by atoms with Crippen LogP contribution in [0.5, 0.6) is 0 Å². The highest BCUT2D eigenvalue weighted by molar-refractivity contribution is 5.89. The van der Waals surface area contributed by atoms with Crippen molar-refractivity contribution in [2.75, 3.05) is 0 Å². The molecule has 0 radical (unpaired) electrons. The Hall–Kier alpha value is -3.26. The van der Waals surface area contributed by atoms with Crippen LogP contribution in [0, 0.1) is 0 Å². The minimum Gasteiger partial charge on any atom is -0.361 e. The van der Waals surface area contributed by atoms with E-state index in [4.69, 9.17) is 0 Å². The van der Waals surface area contributed by atoms with Crippen molar-refractivity contribution in [2.45, 2.75) is 19.3 Å². The fourth-order valence-electron chi connectivity index (χ4n) is 4.14. The summed E-state index contributed by atoms with van der Waals surface area (Å²) in [6, 6.07) is 26.2. The second kappa shape index (κ2) is 6.48. The molecule has 3 aromatic carbocycles. The second-order valence-electron chi connectivity index (χ2n) is 7.11. The Morgan fingerprint density at radius 3 is 1.70 bits per heavy atom. The smallest absolute Gasteiger partial charge is 0.0457 e. The number of aryl methyl sites for hydroxylation is 1. The van der Waals surface area contributed by atoms with Crippen molar-refractivity contribution in [3.8, 4) is 0 Å². The van der Waals surface area contributed by atoms with Crippen molar-refractivity contribution in [3.63, 3.8) is 0 Å². The molecule has 2 heterocycles. The number of aromatic amines is 2. The molecule has 2 aromatic heterocycles. The number of rotatable bonds is 4. The first kappa shape index (κ1) is 16.0. The quantitative estimate of drug-likeness (QED) is 0.376. The van der Waals surface area contributed by atoms with E-state index in [9.17, 15) is 0 Å². The van der Waals surface area contributed by atoms with Crippen LogP contribution < -0.4 is 0 Å². The summed E-state index contributed by atoms with van der Waals surface area (Å²) in [5, 5.41) is 2.57. The van der Waals surface area contributed by atoms with Gasteiger partial charge in [0.15, 0.2) is 0 Å². The number of benzene rings is 3. The first-order valence-corrected chi connectivity index (χ1v) is 9.56. The van der Waals surface area contributed by atoms with E-state index in [1.165, 1.54) is 44.1 Å². The highest BCUT2D eigenvalue weighted by Gasteiger charge is 2.22. The van der Waals surface area contributed by atoms with Crippen LogP contribution in [-0.2, 0) is 6.42 Å².